The molecule has 0 saturated heterocycles. The third kappa shape index (κ3) is 3.56. The van der Waals surface area contributed by atoms with Crippen molar-refractivity contribution in [3.8, 4) is 11.1 Å². The number of nitrogens with two attached hydrogens (primary N) is 2. The van der Waals surface area contributed by atoms with Crippen molar-refractivity contribution >= 4 is 11.4 Å². The van der Waals surface area contributed by atoms with Gasteiger partial charge in [-0.1, -0.05) is 12.1 Å². The summed E-state index contributed by atoms with van der Waals surface area (Å²) in [5, 5.41) is 7.57. The van der Waals surface area contributed by atoms with Gasteiger partial charge in [0.2, 0.25) is 0 Å². The predicted octanol–water partition coefficient (Wildman–Crippen LogP) is 3.75. The van der Waals surface area contributed by atoms with Crippen LogP contribution in [0.25, 0.3) is 11.1 Å². The number of anilines is 2. The Hall–Kier alpha value is -2.00. The second-order valence-electron chi connectivity index (χ2n) is 5.23. The van der Waals surface area contributed by atoms with Crippen molar-refractivity contribution in [3.63, 3.8) is 0 Å². The van der Waals surface area contributed by atoms with Gasteiger partial charge in [0.1, 0.15) is 0 Å². The van der Waals surface area contributed by atoms with Gasteiger partial charge < -0.3 is 16.6 Å². The normalized spacial score (nSPS) is 10.0. The van der Waals surface area contributed by atoms with E-state index >= 15 is 0 Å². The van der Waals surface area contributed by atoms with Crippen molar-refractivity contribution in [2.45, 2.75) is 34.6 Å². The third-order valence-electron chi connectivity index (χ3n) is 3.88. The Bertz CT molecular complexity index is 587. The minimum atomic E-state index is 0.250. The molecule has 21 heavy (non-hydrogen) atoms. The van der Waals surface area contributed by atoms with Gasteiger partial charge in [-0.2, -0.15) is 0 Å². The molecule has 0 aliphatic carbocycles. The fourth-order valence-corrected chi connectivity index (χ4v) is 2.42. The number of hydrogen-bond acceptors (Lipinski definition) is 3. The van der Waals surface area contributed by atoms with Crippen LogP contribution in [0.1, 0.15) is 29.2 Å². The Morgan fingerprint density at radius 2 is 1.19 bits per heavy atom. The summed E-state index contributed by atoms with van der Waals surface area (Å²) >= 11 is 0. The molecule has 3 nitrogen and oxygen atoms in total. The van der Waals surface area contributed by atoms with Crippen LogP contribution >= 0.6 is 0 Å². The summed E-state index contributed by atoms with van der Waals surface area (Å²) in [6.45, 7) is 10.4. The smallest absolute Gasteiger partial charge is 0.0402 e. The van der Waals surface area contributed by atoms with Crippen LogP contribution in [0.3, 0.4) is 0 Å². The molecule has 5 N–H and O–H groups in total. The van der Waals surface area contributed by atoms with Gasteiger partial charge in [0.25, 0.3) is 0 Å². The Balaban J connectivity index is 0.000000677. The summed E-state index contributed by atoms with van der Waals surface area (Å²) in [5.41, 5.74) is 20.9. The van der Waals surface area contributed by atoms with E-state index in [-0.39, 0.29) is 6.61 Å². The molecular weight excluding hydrogens is 260 g/mol. The van der Waals surface area contributed by atoms with E-state index in [4.69, 9.17) is 16.6 Å². The molecule has 0 heterocycles. The van der Waals surface area contributed by atoms with E-state index < -0.39 is 0 Å². The highest BCUT2D eigenvalue weighted by molar-refractivity contribution is 5.78. The lowest BCUT2D eigenvalue weighted by atomic mass is 9.88. The number of nitrogen functional groups attached to an aromatic ring is 2. The van der Waals surface area contributed by atoms with E-state index in [1.165, 1.54) is 33.4 Å². The molecule has 2 aromatic carbocycles. The molecule has 0 radical (unpaired) electrons. The Kier molecular flexibility index (Phi) is 5.79. The summed E-state index contributed by atoms with van der Waals surface area (Å²) in [6.07, 6.45) is 0. The van der Waals surface area contributed by atoms with Gasteiger partial charge in [0, 0.05) is 18.0 Å². The zero-order valence-corrected chi connectivity index (χ0v) is 13.6. The molecule has 114 valence electrons. The Morgan fingerprint density at radius 1 is 0.810 bits per heavy atom. The number of hydrogen-bond donors (Lipinski definition) is 3. The van der Waals surface area contributed by atoms with E-state index in [1.54, 1.807) is 6.92 Å². The largest absolute Gasteiger partial charge is 0.399 e. The SMILES string of the molecule is CCO.Cc1c(C)c(-c2ccc(N)cc2)c(C)c(C)c1N. The minimum Gasteiger partial charge on any atom is -0.399 e. The van der Waals surface area contributed by atoms with Crippen LogP contribution in [0.5, 0.6) is 0 Å². The maximum absolute atomic E-state index is 7.57. The summed E-state index contributed by atoms with van der Waals surface area (Å²) in [5.74, 6) is 0. The van der Waals surface area contributed by atoms with E-state index in [0.29, 0.717) is 0 Å². The zero-order valence-electron chi connectivity index (χ0n) is 13.6. The van der Waals surface area contributed by atoms with Crippen LogP contribution in [0, 0.1) is 27.7 Å². The highest BCUT2D eigenvalue weighted by Crippen LogP contribution is 2.35. The summed E-state index contributed by atoms with van der Waals surface area (Å²) < 4.78 is 0. The van der Waals surface area contributed by atoms with Crippen molar-refractivity contribution < 1.29 is 5.11 Å². The van der Waals surface area contributed by atoms with Crippen molar-refractivity contribution in [2.24, 2.45) is 0 Å². The number of benzene rings is 2. The van der Waals surface area contributed by atoms with Crippen molar-refractivity contribution in [1.82, 2.24) is 0 Å². The first-order chi connectivity index (χ1) is 9.84. The average Bonchev–Trinajstić information content (AvgIpc) is 2.46. The van der Waals surface area contributed by atoms with Gasteiger partial charge in [-0.25, -0.2) is 0 Å². The lowest BCUT2D eigenvalue weighted by Crippen LogP contribution is -2.02. The Morgan fingerprint density at radius 3 is 1.57 bits per heavy atom. The first kappa shape index (κ1) is 17.1. The minimum absolute atomic E-state index is 0.250. The number of aliphatic hydroxyl groups excluding tert-OH is 1. The molecule has 0 aliphatic rings. The van der Waals surface area contributed by atoms with Crippen LogP contribution in [0.2, 0.25) is 0 Å². The van der Waals surface area contributed by atoms with Gasteiger partial charge in [-0.05, 0) is 80.1 Å². The number of aliphatic hydroxyl groups is 1. The molecule has 0 aliphatic heterocycles. The molecule has 2 rings (SSSR count). The zero-order chi connectivity index (χ0) is 16.2. The highest BCUT2D eigenvalue weighted by Gasteiger charge is 2.13. The second kappa shape index (κ2) is 7.14. The van der Waals surface area contributed by atoms with E-state index in [9.17, 15) is 0 Å². The topological polar surface area (TPSA) is 72.3 Å². The standard InChI is InChI=1S/C16H20N2.C2H6O/c1-9-11(3)16(18)12(4)10(2)15(9)13-5-7-14(17)8-6-13;1-2-3/h5-8H,17-18H2,1-4H3;3H,2H2,1H3. The van der Waals surface area contributed by atoms with Gasteiger partial charge >= 0.3 is 0 Å². The van der Waals surface area contributed by atoms with E-state index in [2.05, 4.69) is 39.8 Å². The molecule has 0 saturated carbocycles. The van der Waals surface area contributed by atoms with Gasteiger partial charge in [0.05, 0.1) is 0 Å². The van der Waals surface area contributed by atoms with Gasteiger partial charge in [-0.15, -0.1) is 0 Å². The predicted molar refractivity (Wildman–Crippen MR) is 92.4 cm³/mol. The highest BCUT2D eigenvalue weighted by atomic mass is 16.2. The molecule has 0 unspecified atom stereocenters. The summed E-state index contributed by atoms with van der Waals surface area (Å²) in [6, 6.07) is 8.02. The molecule has 3 heteroatoms. The maximum Gasteiger partial charge on any atom is 0.0402 e. The summed E-state index contributed by atoms with van der Waals surface area (Å²) in [7, 11) is 0. The molecule has 0 fully saturated rings. The lowest BCUT2D eigenvalue weighted by molar-refractivity contribution is 0.318. The fourth-order valence-electron chi connectivity index (χ4n) is 2.42. The monoisotopic (exact) mass is 286 g/mol. The fraction of sp³-hybridized carbons (Fsp3) is 0.333. The van der Waals surface area contributed by atoms with E-state index in [1.807, 2.05) is 12.1 Å². The van der Waals surface area contributed by atoms with E-state index in [0.717, 1.165) is 11.4 Å². The van der Waals surface area contributed by atoms with Crippen LogP contribution in [0.4, 0.5) is 11.4 Å². The van der Waals surface area contributed by atoms with Gasteiger partial charge in [0.15, 0.2) is 0 Å². The molecule has 0 bridgehead atoms. The number of rotatable bonds is 1. The lowest BCUT2D eigenvalue weighted by Gasteiger charge is -2.18. The Labute approximate surface area is 127 Å². The van der Waals surface area contributed by atoms with Crippen molar-refractivity contribution in [2.75, 3.05) is 18.1 Å². The second-order valence-corrected chi connectivity index (χ2v) is 5.23. The molecule has 0 amide bonds. The maximum atomic E-state index is 7.57. The first-order valence-electron chi connectivity index (χ1n) is 7.17. The molecule has 0 atom stereocenters. The third-order valence-corrected chi connectivity index (χ3v) is 3.88. The van der Waals surface area contributed by atoms with Crippen molar-refractivity contribution in [3.05, 3.63) is 46.5 Å². The van der Waals surface area contributed by atoms with Crippen LogP contribution in [-0.2, 0) is 0 Å². The van der Waals surface area contributed by atoms with Crippen LogP contribution < -0.4 is 11.5 Å². The van der Waals surface area contributed by atoms with Gasteiger partial charge in [-0.3, -0.25) is 0 Å². The van der Waals surface area contributed by atoms with Crippen LogP contribution in [-0.4, -0.2) is 11.7 Å². The molecular formula is C18H26N2O. The van der Waals surface area contributed by atoms with Crippen LogP contribution in [0.15, 0.2) is 24.3 Å². The quantitative estimate of drug-likeness (QED) is 0.699. The summed E-state index contributed by atoms with van der Waals surface area (Å²) in [4.78, 5) is 0. The first-order valence-corrected chi connectivity index (χ1v) is 7.17. The molecule has 2 aromatic rings. The average molecular weight is 286 g/mol. The van der Waals surface area contributed by atoms with Crippen molar-refractivity contribution in [1.29, 1.82) is 0 Å². The molecule has 0 aromatic heterocycles. The molecule has 0 spiro atoms.